The van der Waals surface area contributed by atoms with E-state index in [9.17, 15) is 19.0 Å². The summed E-state index contributed by atoms with van der Waals surface area (Å²) in [5.74, 6) is -0.882. The maximum Gasteiger partial charge on any atom is 0.306 e. The van der Waals surface area contributed by atoms with Gasteiger partial charge in [0.2, 0.25) is 0 Å². The molecule has 0 saturated carbocycles. The van der Waals surface area contributed by atoms with Crippen molar-refractivity contribution < 1.29 is 42.1 Å². The summed E-state index contributed by atoms with van der Waals surface area (Å²) in [5, 5.41) is 0. The summed E-state index contributed by atoms with van der Waals surface area (Å²) in [5.41, 5.74) is 0. The lowest BCUT2D eigenvalue weighted by atomic mass is 10.1. The van der Waals surface area contributed by atoms with Crippen LogP contribution in [0.4, 0.5) is 0 Å². The molecule has 2 unspecified atom stereocenters. The van der Waals surface area contributed by atoms with Gasteiger partial charge >= 0.3 is 11.9 Å². The van der Waals surface area contributed by atoms with Crippen molar-refractivity contribution in [3.8, 4) is 0 Å². The molecular weight excluding hydrogens is 846 g/mol. The number of carbonyl (C=O) groups is 2. The van der Waals surface area contributed by atoms with Crippen LogP contribution in [0.5, 0.6) is 0 Å². The first kappa shape index (κ1) is 62.7. The van der Waals surface area contributed by atoms with Crippen molar-refractivity contribution in [1.82, 2.24) is 0 Å². The van der Waals surface area contributed by atoms with Gasteiger partial charge in [-0.1, -0.05) is 175 Å². The molecule has 0 spiro atoms. The Bertz CT molecular complexity index is 1480. The molecule has 0 bridgehead atoms. The van der Waals surface area contributed by atoms with Crippen LogP contribution in [0.1, 0.15) is 181 Å². The van der Waals surface area contributed by atoms with E-state index in [1.807, 2.05) is 21.1 Å². The molecule has 376 valence electrons. The Morgan fingerprint density at radius 1 is 0.485 bits per heavy atom. The van der Waals surface area contributed by atoms with E-state index >= 15 is 0 Å². The minimum Gasteiger partial charge on any atom is -0.756 e. The van der Waals surface area contributed by atoms with Crippen molar-refractivity contribution in [2.75, 3.05) is 47.5 Å². The number of ether oxygens (including phenoxy) is 2. The lowest BCUT2D eigenvalue weighted by Crippen LogP contribution is -2.37. The van der Waals surface area contributed by atoms with Crippen molar-refractivity contribution in [2.45, 2.75) is 187 Å². The van der Waals surface area contributed by atoms with Crippen LogP contribution in [0.25, 0.3) is 0 Å². The molecule has 0 aliphatic rings. The monoisotopic (exact) mass is 940 g/mol. The van der Waals surface area contributed by atoms with Crippen molar-refractivity contribution in [3.05, 3.63) is 109 Å². The molecule has 10 heteroatoms. The van der Waals surface area contributed by atoms with Crippen molar-refractivity contribution >= 4 is 19.8 Å². The molecule has 9 nitrogen and oxygen atoms in total. The first-order valence-corrected chi connectivity index (χ1v) is 27.1. The average Bonchev–Trinajstić information content (AvgIpc) is 3.27. The van der Waals surface area contributed by atoms with Crippen molar-refractivity contribution in [1.29, 1.82) is 0 Å². The van der Waals surface area contributed by atoms with Gasteiger partial charge < -0.3 is 27.9 Å². The summed E-state index contributed by atoms with van der Waals surface area (Å²) in [6, 6.07) is 0. The van der Waals surface area contributed by atoms with E-state index in [1.165, 1.54) is 25.7 Å². The van der Waals surface area contributed by atoms with Gasteiger partial charge in [-0.15, -0.1) is 0 Å². The highest BCUT2D eigenvalue weighted by Crippen LogP contribution is 2.38. The molecule has 0 aliphatic carbocycles. The first-order valence-electron chi connectivity index (χ1n) is 25.6. The second-order valence-corrected chi connectivity index (χ2v) is 19.2. The largest absolute Gasteiger partial charge is 0.756 e. The number of hydrogen-bond acceptors (Lipinski definition) is 8. The van der Waals surface area contributed by atoms with E-state index in [-0.39, 0.29) is 26.1 Å². The van der Waals surface area contributed by atoms with Crippen LogP contribution in [0.3, 0.4) is 0 Å². The zero-order valence-electron chi connectivity index (χ0n) is 42.3. The molecule has 0 aromatic rings. The number of likely N-dealkylation sites (N-methyl/N-ethyl adjacent to an activating group) is 1. The Morgan fingerprint density at radius 2 is 0.864 bits per heavy atom. The Kier molecular flexibility index (Phi) is 44.4. The number of phosphoric ester groups is 1. The molecule has 0 aromatic heterocycles. The zero-order chi connectivity index (χ0) is 48.5. The summed E-state index contributed by atoms with van der Waals surface area (Å²) in [6.07, 6.45) is 64.0. The third-order valence-corrected chi connectivity index (χ3v) is 11.2. The second kappa shape index (κ2) is 46.8. The van der Waals surface area contributed by atoms with Crippen LogP contribution >= 0.6 is 7.82 Å². The molecule has 0 saturated heterocycles. The smallest absolute Gasteiger partial charge is 0.306 e. The van der Waals surface area contributed by atoms with Gasteiger partial charge in [0.05, 0.1) is 27.7 Å². The van der Waals surface area contributed by atoms with E-state index in [0.29, 0.717) is 23.9 Å². The zero-order valence-corrected chi connectivity index (χ0v) is 43.2. The number of carbonyl (C=O) groups excluding carboxylic acids is 2. The Morgan fingerprint density at radius 3 is 1.29 bits per heavy atom. The van der Waals surface area contributed by atoms with Crippen LogP contribution < -0.4 is 4.89 Å². The number of quaternary nitrogens is 1. The third kappa shape index (κ3) is 50.1. The minimum absolute atomic E-state index is 0.0438. The summed E-state index contributed by atoms with van der Waals surface area (Å²) < 4.78 is 34.0. The van der Waals surface area contributed by atoms with E-state index in [0.717, 1.165) is 116 Å². The van der Waals surface area contributed by atoms with E-state index in [2.05, 4.69) is 123 Å². The summed E-state index contributed by atoms with van der Waals surface area (Å²) >= 11 is 0. The maximum absolute atomic E-state index is 12.7. The fourth-order valence-electron chi connectivity index (χ4n) is 6.31. The van der Waals surface area contributed by atoms with Crippen LogP contribution in [0.2, 0.25) is 0 Å². The maximum atomic E-state index is 12.7. The predicted molar refractivity (Wildman–Crippen MR) is 277 cm³/mol. The quantitative estimate of drug-likeness (QED) is 0.0195. The Hall–Kier alpha value is -3.33. The lowest BCUT2D eigenvalue weighted by molar-refractivity contribution is -0.870. The number of phosphoric acid groups is 1. The lowest BCUT2D eigenvalue weighted by Gasteiger charge is -2.28. The van der Waals surface area contributed by atoms with Crippen LogP contribution in [-0.2, 0) is 32.7 Å². The molecule has 0 aliphatic heterocycles. The highest BCUT2D eigenvalue weighted by molar-refractivity contribution is 7.45. The summed E-state index contributed by atoms with van der Waals surface area (Å²) in [6.45, 7) is 4.03. The van der Waals surface area contributed by atoms with Gasteiger partial charge in [-0.2, -0.15) is 0 Å². The Labute approximate surface area is 404 Å². The molecule has 0 amide bonds. The van der Waals surface area contributed by atoms with Crippen molar-refractivity contribution in [2.24, 2.45) is 0 Å². The number of esters is 2. The SMILES string of the molecule is CC/C=C\C/C=C\C/C=C\C/C=C\C/C=C\C/C=C\C/C=C\CCCCCCCC(=O)OC(COC(=O)CCCCCCC/C=C\C/C=C\CCCCC)COP(=O)([O-])OCC[N+](C)(C)C. The molecule has 2 atom stereocenters. The van der Waals surface area contributed by atoms with E-state index < -0.39 is 32.5 Å². The molecule has 0 heterocycles. The van der Waals surface area contributed by atoms with Gasteiger partial charge in [0.25, 0.3) is 7.82 Å². The topological polar surface area (TPSA) is 111 Å². The number of hydrogen-bond donors (Lipinski definition) is 0. The van der Waals surface area contributed by atoms with Crippen LogP contribution in [-0.4, -0.2) is 70.0 Å². The summed E-state index contributed by atoms with van der Waals surface area (Å²) in [4.78, 5) is 37.7. The molecule has 0 N–H and O–H groups in total. The van der Waals surface area contributed by atoms with Crippen LogP contribution in [0, 0.1) is 0 Å². The van der Waals surface area contributed by atoms with E-state index in [1.54, 1.807) is 0 Å². The number of allylic oxidation sites excluding steroid dienone is 18. The average molecular weight is 940 g/mol. The number of rotatable bonds is 45. The highest BCUT2D eigenvalue weighted by Gasteiger charge is 2.21. The second-order valence-electron chi connectivity index (χ2n) is 17.8. The Balaban J connectivity index is 4.34. The molecule has 0 fully saturated rings. The summed E-state index contributed by atoms with van der Waals surface area (Å²) in [7, 11) is 1.12. The van der Waals surface area contributed by atoms with Gasteiger partial charge in [-0.3, -0.25) is 14.2 Å². The fourth-order valence-corrected chi connectivity index (χ4v) is 7.04. The van der Waals surface area contributed by atoms with Gasteiger partial charge in [0.15, 0.2) is 6.10 Å². The molecule has 0 radical (unpaired) electrons. The predicted octanol–water partition coefficient (Wildman–Crippen LogP) is 14.8. The molecule has 66 heavy (non-hydrogen) atoms. The van der Waals surface area contributed by atoms with Gasteiger partial charge in [-0.05, 0) is 103 Å². The normalized spacial score (nSPS) is 14.3. The van der Waals surface area contributed by atoms with Crippen LogP contribution in [0.15, 0.2) is 109 Å². The minimum atomic E-state index is -4.65. The number of unbranched alkanes of at least 4 members (excludes halogenated alkanes) is 13. The van der Waals surface area contributed by atoms with Gasteiger partial charge in [-0.25, -0.2) is 0 Å². The highest BCUT2D eigenvalue weighted by atomic mass is 31.2. The fraction of sp³-hybridized carbons (Fsp3) is 0.643. The third-order valence-electron chi connectivity index (χ3n) is 10.3. The molecular formula is C56H94NO8P. The standard InChI is InChI=1S/C56H94NO8P/c1-6-8-10-12-14-16-18-20-22-23-24-25-26-27-28-29-30-31-32-33-35-37-39-41-43-45-47-49-56(59)65-54(53-64-66(60,61)63-51-50-57(3,4)5)52-62-55(58)48-46-44-42-40-38-36-34-21-19-17-15-13-11-9-7-2/h8,10,14-17,20-22,24-25,27-28,30-31,33-35,54H,6-7,9,11-13,18-19,23,26,29,32,36-53H2,1-5H3/b10-8-,16-14-,17-15-,22-20-,25-24-,28-27-,31-30-,34-21-,35-33-. The number of nitrogens with zero attached hydrogens (tertiary/aromatic N) is 1. The molecule has 0 aromatic carbocycles. The van der Waals surface area contributed by atoms with Gasteiger partial charge in [0, 0.05) is 12.8 Å². The molecule has 0 rings (SSSR count). The van der Waals surface area contributed by atoms with E-state index in [4.69, 9.17) is 18.5 Å². The van der Waals surface area contributed by atoms with Gasteiger partial charge in [0.1, 0.15) is 19.8 Å². The first-order chi connectivity index (χ1) is 32.0. The van der Waals surface area contributed by atoms with Crippen molar-refractivity contribution in [3.63, 3.8) is 0 Å².